The minimum atomic E-state index is -0.683. The summed E-state index contributed by atoms with van der Waals surface area (Å²) in [5.74, 6) is 0.691. The zero-order valence-electron chi connectivity index (χ0n) is 12.6. The molecule has 1 aliphatic rings. The first-order valence-corrected chi connectivity index (χ1v) is 7.86. The first-order chi connectivity index (χ1) is 10.7. The Labute approximate surface area is 130 Å². The van der Waals surface area contributed by atoms with Gasteiger partial charge in [-0.15, -0.1) is 0 Å². The van der Waals surface area contributed by atoms with E-state index in [1.165, 1.54) is 12.8 Å². The summed E-state index contributed by atoms with van der Waals surface area (Å²) in [5, 5.41) is 18.4. The van der Waals surface area contributed by atoms with Crippen molar-refractivity contribution in [2.75, 3.05) is 19.6 Å². The number of aliphatic hydroxyl groups is 1. The zero-order valence-corrected chi connectivity index (χ0v) is 12.6. The summed E-state index contributed by atoms with van der Waals surface area (Å²) in [6.07, 6.45) is 1.86. The van der Waals surface area contributed by atoms with Crippen LogP contribution < -0.4 is 10.6 Å². The van der Waals surface area contributed by atoms with E-state index >= 15 is 0 Å². The Hall–Kier alpha value is -1.91. The summed E-state index contributed by atoms with van der Waals surface area (Å²) < 4.78 is 0. The molecule has 1 unspecified atom stereocenters. The van der Waals surface area contributed by atoms with Crippen molar-refractivity contribution in [2.24, 2.45) is 5.92 Å². The van der Waals surface area contributed by atoms with Gasteiger partial charge in [-0.25, -0.2) is 0 Å². The highest BCUT2D eigenvalue weighted by Crippen LogP contribution is 2.27. The summed E-state index contributed by atoms with van der Waals surface area (Å²) in [6.45, 7) is 1.48. The standard InChI is InChI=1S/C18H22N2O2/c21-17(11-20-18(22)12-19-10-13-5-6-13)16-8-7-14-3-1-2-4-15(14)9-16/h1-4,7-9,13,17,19,21H,5-6,10-12H2,(H,20,22). The van der Waals surface area contributed by atoms with Crippen LogP contribution in [0.4, 0.5) is 0 Å². The number of fused-ring (bicyclic) bond motifs is 1. The molecule has 22 heavy (non-hydrogen) atoms. The van der Waals surface area contributed by atoms with Crippen molar-refractivity contribution in [3.05, 3.63) is 48.0 Å². The fraction of sp³-hybridized carbons (Fsp3) is 0.389. The highest BCUT2D eigenvalue weighted by atomic mass is 16.3. The minimum absolute atomic E-state index is 0.0690. The number of carbonyl (C=O) groups is 1. The van der Waals surface area contributed by atoms with Crippen LogP contribution >= 0.6 is 0 Å². The molecule has 4 nitrogen and oxygen atoms in total. The van der Waals surface area contributed by atoms with Gasteiger partial charge in [0.2, 0.25) is 5.91 Å². The van der Waals surface area contributed by atoms with E-state index in [4.69, 9.17) is 0 Å². The van der Waals surface area contributed by atoms with Gasteiger partial charge in [-0.1, -0.05) is 36.4 Å². The third kappa shape index (κ3) is 4.06. The van der Waals surface area contributed by atoms with Crippen LogP contribution in [0, 0.1) is 5.92 Å². The quantitative estimate of drug-likeness (QED) is 0.732. The number of carbonyl (C=O) groups excluding carboxylic acids is 1. The fourth-order valence-electron chi connectivity index (χ4n) is 2.52. The average molecular weight is 298 g/mol. The normalized spacial score (nSPS) is 15.7. The Balaban J connectivity index is 1.49. The summed E-state index contributed by atoms with van der Waals surface area (Å²) >= 11 is 0. The Morgan fingerprint density at radius 3 is 2.73 bits per heavy atom. The molecule has 0 saturated heterocycles. The van der Waals surface area contributed by atoms with E-state index in [1.54, 1.807) is 0 Å². The van der Waals surface area contributed by atoms with Gasteiger partial charge in [-0.3, -0.25) is 4.79 Å². The van der Waals surface area contributed by atoms with Crippen molar-refractivity contribution in [3.63, 3.8) is 0 Å². The predicted octanol–water partition coefficient (Wildman–Crippen LogP) is 1.99. The van der Waals surface area contributed by atoms with Gasteiger partial charge in [0, 0.05) is 6.54 Å². The van der Waals surface area contributed by atoms with Crippen LogP contribution in [0.5, 0.6) is 0 Å². The third-order valence-electron chi connectivity index (χ3n) is 4.07. The number of hydrogen-bond acceptors (Lipinski definition) is 3. The predicted molar refractivity (Wildman–Crippen MR) is 87.5 cm³/mol. The second-order valence-electron chi connectivity index (χ2n) is 6.00. The monoisotopic (exact) mass is 298 g/mol. The number of nitrogens with one attached hydrogen (secondary N) is 2. The lowest BCUT2D eigenvalue weighted by Gasteiger charge is -2.13. The van der Waals surface area contributed by atoms with E-state index in [-0.39, 0.29) is 12.5 Å². The van der Waals surface area contributed by atoms with Crippen LogP contribution in [-0.4, -0.2) is 30.6 Å². The topological polar surface area (TPSA) is 61.4 Å². The molecule has 1 saturated carbocycles. The summed E-state index contributed by atoms with van der Waals surface area (Å²) in [4.78, 5) is 11.7. The average Bonchev–Trinajstić information content (AvgIpc) is 3.36. The van der Waals surface area contributed by atoms with E-state index in [1.807, 2.05) is 42.5 Å². The molecule has 3 N–H and O–H groups in total. The maximum Gasteiger partial charge on any atom is 0.234 e. The molecule has 2 aromatic carbocycles. The molecule has 1 fully saturated rings. The van der Waals surface area contributed by atoms with Gasteiger partial charge < -0.3 is 15.7 Å². The van der Waals surface area contributed by atoms with Gasteiger partial charge in [-0.05, 0) is 47.7 Å². The molecule has 4 heteroatoms. The molecule has 3 rings (SSSR count). The molecular formula is C18H22N2O2. The van der Waals surface area contributed by atoms with E-state index in [0.717, 1.165) is 28.8 Å². The number of rotatable bonds is 7. The number of amides is 1. The van der Waals surface area contributed by atoms with Gasteiger partial charge in [0.25, 0.3) is 0 Å². The molecule has 1 aliphatic carbocycles. The Kier molecular flexibility index (Phi) is 4.71. The Bertz CT molecular complexity index is 652. The molecule has 116 valence electrons. The minimum Gasteiger partial charge on any atom is -0.387 e. The van der Waals surface area contributed by atoms with Crippen LogP contribution in [0.1, 0.15) is 24.5 Å². The maximum atomic E-state index is 11.7. The van der Waals surface area contributed by atoms with Crippen LogP contribution in [0.15, 0.2) is 42.5 Å². The van der Waals surface area contributed by atoms with Crippen molar-refractivity contribution in [2.45, 2.75) is 18.9 Å². The van der Waals surface area contributed by atoms with Gasteiger partial charge in [-0.2, -0.15) is 0 Å². The van der Waals surface area contributed by atoms with Gasteiger partial charge in [0.1, 0.15) is 0 Å². The molecule has 0 spiro atoms. The molecule has 2 aromatic rings. The Morgan fingerprint density at radius 1 is 1.18 bits per heavy atom. The van der Waals surface area contributed by atoms with E-state index in [2.05, 4.69) is 10.6 Å². The van der Waals surface area contributed by atoms with E-state index in [0.29, 0.717) is 6.54 Å². The highest BCUT2D eigenvalue weighted by Gasteiger charge is 2.20. The van der Waals surface area contributed by atoms with Gasteiger partial charge in [0.05, 0.1) is 12.6 Å². The number of benzene rings is 2. The lowest BCUT2D eigenvalue weighted by molar-refractivity contribution is -0.120. The van der Waals surface area contributed by atoms with Crippen LogP contribution in [0.2, 0.25) is 0 Å². The summed E-state index contributed by atoms with van der Waals surface area (Å²) in [5.41, 5.74) is 0.824. The summed E-state index contributed by atoms with van der Waals surface area (Å²) in [6, 6.07) is 13.9. The van der Waals surface area contributed by atoms with Crippen molar-refractivity contribution in [1.82, 2.24) is 10.6 Å². The van der Waals surface area contributed by atoms with Crippen molar-refractivity contribution in [3.8, 4) is 0 Å². The van der Waals surface area contributed by atoms with Gasteiger partial charge >= 0.3 is 0 Å². The Morgan fingerprint density at radius 2 is 1.95 bits per heavy atom. The molecule has 0 aromatic heterocycles. The van der Waals surface area contributed by atoms with Crippen LogP contribution in [-0.2, 0) is 4.79 Å². The number of aliphatic hydroxyl groups excluding tert-OH is 1. The molecule has 0 aliphatic heterocycles. The first-order valence-electron chi connectivity index (χ1n) is 7.86. The van der Waals surface area contributed by atoms with Crippen molar-refractivity contribution >= 4 is 16.7 Å². The lowest BCUT2D eigenvalue weighted by atomic mass is 10.0. The first kappa shape index (κ1) is 15.0. The molecule has 1 amide bonds. The largest absolute Gasteiger partial charge is 0.387 e. The molecule has 0 heterocycles. The third-order valence-corrected chi connectivity index (χ3v) is 4.07. The molecule has 0 bridgehead atoms. The van der Waals surface area contributed by atoms with Crippen LogP contribution in [0.3, 0.4) is 0 Å². The van der Waals surface area contributed by atoms with E-state index in [9.17, 15) is 9.90 Å². The molecule has 1 atom stereocenters. The second kappa shape index (κ2) is 6.90. The number of hydrogen-bond donors (Lipinski definition) is 3. The van der Waals surface area contributed by atoms with Crippen molar-refractivity contribution < 1.29 is 9.90 Å². The highest BCUT2D eigenvalue weighted by molar-refractivity contribution is 5.83. The van der Waals surface area contributed by atoms with Crippen LogP contribution in [0.25, 0.3) is 10.8 Å². The molecule has 0 radical (unpaired) electrons. The van der Waals surface area contributed by atoms with E-state index < -0.39 is 6.10 Å². The summed E-state index contributed by atoms with van der Waals surface area (Å²) in [7, 11) is 0. The van der Waals surface area contributed by atoms with Gasteiger partial charge in [0.15, 0.2) is 0 Å². The fourth-order valence-corrected chi connectivity index (χ4v) is 2.52. The van der Waals surface area contributed by atoms with Crippen molar-refractivity contribution in [1.29, 1.82) is 0 Å². The smallest absolute Gasteiger partial charge is 0.234 e. The SMILES string of the molecule is O=C(CNCC1CC1)NCC(O)c1ccc2ccccc2c1. The zero-order chi connectivity index (χ0) is 15.4. The lowest BCUT2D eigenvalue weighted by Crippen LogP contribution is -2.36. The maximum absolute atomic E-state index is 11.7. The molecular weight excluding hydrogens is 276 g/mol. The second-order valence-corrected chi connectivity index (χ2v) is 6.00.